The number of thiol groups is 1. The van der Waals surface area contributed by atoms with Gasteiger partial charge in [0.05, 0.1) is 0 Å². The van der Waals surface area contributed by atoms with E-state index in [9.17, 15) is 0 Å². The van der Waals surface area contributed by atoms with Gasteiger partial charge in [-0.2, -0.15) is 0 Å². The van der Waals surface area contributed by atoms with Gasteiger partial charge in [0.25, 0.3) is 0 Å². The third-order valence-corrected chi connectivity index (χ3v) is 2.42. The summed E-state index contributed by atoms with van der Waals surface area (Å²) >= 11 is 9.11. The molecule has 1 fully saturated rings. The molecular formula is C7H13NNaS2. The van der Waals surface area contributed by atoms with Crippen molar-refractivity contribution in [1.82, 2.24) is 4.90 Å². The molecule has 1 nitrogen and oxygen atoms in total. The minimum atomic E-state index is 0. The zero-order valence-corrected chi connectivity index (χ0v) is 10.8. The Kier molecular flexibility index (Phi) is 7.48. The van der Waals surface area contributed by atoms with Crippen LogP contribution in [0.15, 0.2) is 0 Å². The van der Waals surface area contributed by atoms with E-state index in [0.717, 1.165) is 17.4 Å². The van der Waals surface area contributed by atoms with Gasteiger partial charge in [0.1, 0.15) is 4.32 Å². The number of thiocarbonyl (C=S) groups is 1. The van der Waals surface area contributed by atoms with Crippen LogP contribution in [0.2, 0.25) is 0 Å². The Morgan fingerprint density at radius 1 is 1.09 bits per heavy atom. The van der Waals surface area contributed by atoms with Gasteiger partial charge in [-0.1, -0.05) is 25.1 Å². The maximum atomic E-state index is 4.97. The quantitative estimate of drug-likeness (QED) is 0.358. The molecule has 1 aliphatic rings. The van der Waals surface area contributed by atoms with E-state index in [0.29, 0.717) is 0 Å². The van der Waals surface area contributed by atoms with E-state index >= 15 is 0 Å². The molecule has 0 aromatic heterocycles. The van der Waals surface area contributed by atoms with Gasteiger partial charge >= 0.3 is 0 Å². The van der Waals surface area contributed by atoms with Crippen LogP contribution < -0.4 is 0 Å². The summed E-state index contributed by atoms with van der Waals surface area (Å²) in [6.07, 6.45) is 5.27. The van der Waals surface area contributed by atoms with Crippen molar-refractivity contribution in [2.45, 2.75) is 25.7 Å². The largest absolute Gasteiger partial charge is 0.358 e. The first-order valence-corrected chi connectivity index (χ1v) is 4.64. The average Bonchev–Trinajstić information content (AvgIpc) is 2.12. The third kappa shape index (κ3) is 4.73. The molecule has 1 heterocycles. The number of nitrogens with zero attached hydrogens (tertiary/aromatic N) is 1. The van der Waals surface area contributed by atoms with Crippen molar-refractivity contribution in [3.8, 4) is 0 Å². The summed E-state index contributed by atoms with van der Waals surface area (Å²) < 4.78 is 0.766. The zero-order valence-electron chi connectivity index (χ0n) is 7.05. The van der Waals surface area contributed by atoms with Gasteiger partial charge in [-0.25, -0.2) is 0 Å². The molecule has 0 aromatic rings. The maximum absolute atomic E-state index is 4.97. The van der Waals surface area contributed by atoms with E-state index in [1.807, 2.05) is 0 Å². The van der Waals surface area contributed by atoms with Crippen LogP contribution in [0.4, 0.5) is 0 Å². The van der Waals surface area contributed by atoms with Crippen LogP contribution >= 0.6 is 24.8 Å². The Labute approximate surface area is 102 Å². The Balaban J connectivity index is 0.000001000. The number of hydrogen-bond donors (Lipinski definition) is 1. The second-order valence-electron chi connectivity index (χ2n) is 2.68. The van der Waals surface area contributed by atoms with Gasteiger partial charge in [-0.3, -0.25) is 0 Å². The summed E-state index contributed by atoms with van der Waals surface area (Å²) in [5, 5.41) is 0. The number of hydrogen-bond acceptors (Lipinski definition) is 1. The van der Waals surface area contributed by atoms with Gasteiger partial charge in [0.15, 0.2) is 0 Å². The predicted octanol–water partition coefficient (Wildman–Crippen LogP) is 1.70. The van der Waals surface area contributed by atoms with Crippen LogP contribution in [0.5, 0.6) is 0 Å². The van der Waals surface area contributed by atoms with Crippen LogP contribution in [-0.2, 0) is 0 Å². The molecule has 1 saturated heterocycles. The Bertz CT molecular complexity index is 122. The van der Waals surface area contributed by atoms with Gasteiger partial charge in [-0.05, 0) is 12.8 Å². The summed E-state index contributed by atoms with van der Waals surface area (Å²) in [4.78, 5) is 2.19. The van der Waals surface area contributed by atoms with Gasteiger partial charge < -0.3 is 4.90 Å². The van der Waals surface area contributed by atoms with E-state index in [1.54, 1.807) is 0 Å². The van der Waals surface area contributed by atoms with E-state index in [-0.39, 0.29) is 29.6 Å². The minimum Gasteiger partial charge on any atom is -0.358 e. The van der Waals surface area contributed by atoms with E-state index in [1.165, 1.54) is 25.7 Å². The molecule has 11 heavy (non-hydrogen) atoms. The first kappa shape index (κ1) is 12.2. The van der Waals surface area contributed by atoms with Crippen molar-refractivity contribution in [3.05, 3.63) is 0 Å². The summed E-state index contributed by atoms with van der Waals surface area (Å²) in [5.74, 6) is 0. The summed E-state index contributed by atoms with van der Waals surface area (Å²) in [7, 11) is 0. The molecule has 0 aromatic carbocycles. The topological polar surface area (TPSA) is 3.24 Å². The van der Waals surface area contributed by atoms with Crippen LogP contribution in [0.25, 0.3) is 0 Å². The fourth-order valence-electron chi connectivity index (χ4n) is 1.26. The van der Waals surface area contributed by atoms with Crippen LogP contribution in [0.1, 0.15) is 25.7 Å². The molecule has 0 aliphatic carbocycles. The normalized spacial score (nSPS) is 18.5. The second-order valence-corrected chi connectivity index (χ2v) is 3.80. The molecule has 4 heteroatoms. The van der Waals surface area contributed by atoms with Crippen molar-refractivity contribution >= 4 is 58.7 Å². The number of rotatable bonds is 0. The SMILES string of the molecule is S=C(S)N1CCCCCC1.[Na]. The molecule has 0 spiro atoms. The molecule has 0 atom stereocenters. The fourth-order valence-corrected chi connectivity index (χ4v) is 1.64. The predicted molar refractivity (Wildman–Crippen MR) is 57.4 cm³/mol. The zero-order chi connectivity index (χ0) is 7.40. The van der Waals surface area contributed by atoms with Crippen molar-refractivity contribution in [3.63, 3.8) is 0 Å². The first-order valence-electron chi connectivity index (χ1n) is 3.78. The molecular weight excluding hydrogens is 185 g/mol. The van der Waals surface area contributed by atoms with Gasteiger partial charge in [-0.15, -0.1) is 12.6 Å². The molecule has 0 amide bonds. The molecule has 0 bridgehead atoms. The molecule has 0 unspecified atom stereocenters. The van der Waals surface area contributed by atoms with Crippen LogP contribution in [-0.4, -0.2) is 51.9 Å². The van der Waals surface area contributed by atoms with Crippen molar-refractivity contribution in [2.24, 2.45) is 0 Å². The van der Waals surface area contributed by atoms with Gasteiger partial charge in [0, 0.05) is 42.6 Å². The maximum Gasteiger partial charge on any atom is 0.133 e. The van der Waals surface area contributed by atoms with E-state index < -0.39 is 0 Å². The average molecular weight is 198 g/mol. The molecule has 0 saturated carbocycles. The molecule has 1 rings (SSSR count). The second kappa shape index (κ2) is 6.72. The molecule has 1 radical (unpaired) electrons. The van der Waals surface area contributed by atoms with E-state index in [2.05, 4.69) is 17.5 Å². The smallest absolute Gasteiger partial charge is 0.133 e. The third-order valence-electron chi connectivity index (χ3n) is 1.88. The fraction of sp³-hybridized carbons (Fsp3) is 0.857. The van der Waals surface area contributed by atoms with Gasteiger partial charge in [0.2, 0.25) is 0 Å². The standard InChI is InChI=1S/C7H13NS2.Na/c9-7(10)8-5-3-1-2-4-6-8;/h1-6H2,(H,9,10);. The first-order chi connectivity index (χ1) is 4.80. The van der Waals surface area contributed by atoms with E-state index in [4.69, 9.17) is 12.2 Å². The summed E-state index contributed by atoms with van der Waals surface area (Å²) in [6.45, 7) is 2.23. The molecule has 1 aliphatic heterocycles. The van der Waals surface area contributed by atoms with Crippen LogP contribution in [0.3, 0.4) is 0 Å². The molecule has 59 valence electrons. The van der Waals surface area contributed by atoms with Crippen molar-refractivity contribution in [1.29, 1.82) is 0 Å². The Morgan fingerprint density at radius 2 is 1.55 bits per heavy atom. The monoisotopic (exact) mass is 198 g/mol. The number of likely N-dealkylation sites (tertiary alicyclic amines) is 1. The summed E-state index contributed by atoms with van der Waals surface area (Å²) in [5.41, 5.74) is 0. The van der Waals surface area contributed by atoms with Crippen LogP contribution in [0, 0.1) is 0 Å². The van der Waals surface area contributed by atoms with Crippen molar-refractivity contribution < 1.29 is 0 Å². The molecule has 0 N–H and O–H groups in total. The minimum absolute atomic E-state index is 0. The Hall–Kier alpha value is 1.24. The Morgan fingerprint density at radius 3 is 1.91 bits per heavy atom. The summed E-state index contributed by atoms with van der Waals surface area (Å²) in [6, 6.07) is 0. The van der Waals surface area contributed by atoms with Crippen molar-refractivity contribution in [2.75, 3.05) is 13.1 Å².